The van der Waals surface area contributed by atoms with E-state index in [0.717, 1.165) is 13.2 Å². The van der Waals surface area contributed by atoms with Crippen molar-refractivity contribution in [2.24, 2.45) is 0 Å². The van der Waals surface area contributed by atoms with Gasteiger partial charge in [-0.25, -0.2) is 4.79 Å². The third-order valence-electron chi connectivity index (χ3n) is 1.01. The molecule has 0 atom stereocenters. The smallest absolute Gasteiger partial charge is 1.00 e. The zero-order chi connectivity index (χ0) is 10.6. The van der Waals surface area contributed by atoms with Gasteiger partial charge >= 0.3 is 41.7 Å². The van der Waals surface area contributed by atoms with Gasteiger partial charge < -0.3 is 11.3 Å². The molecular weight excluding hydrogens is 214 g/mol. The van der Waals surface area contributed by atoms with Crippen molar-refractivity contribution < 1.29 is 58.8 Å². The number of allylic oxidation sites excluding steroid dienone is 1. The molecule has 0 radical (unpaired) electrons. The van der Waals surface area contributed by atoms with Crippen LogP contribution >= 0.6 is 0 Å². The minimum atomic E-state index is -5.13. The predicted molar refractivity (Wildman–Crippen MR) is 34.5 cm³/mol. The maximum absolute atomic E-state index is 11.7. The van der Waals surface area contributed by atoms with Crippen LogP contribution in [0.25, 0.3) is 0 Å². The number of hydrogen-bond donors (Lipinski definition) is 1. The van der Waals surface area contributed by atoms with Crippen LogP contribution in [0.1, 0.15) is 1.43 Å². The molecule has 0 aromatic carbocycles. The average molecular weight is 219 g/mol. The molecule has 4 nitrogen and oxygen atoms in total. The second kappa shape index (κ2) is 5.90. The average Bonchev–Trinajstić information content (AvgIpc) is 2.03. The molecule has 14 heavy (non-hydrogen) atoms. The van der Waals surface area contributed by atoms with E-state index in [9.17, 15) is 18.0 Å². The molecule has 0 amide bonds. The van der Waals surface area contributed by atoms with E-state index in [0.29, 0.717) is 0 Å². The molecule has 0 unspecified atom stereocenters. The van der Waals surface area contributed by atoms with Crippen LogP contribution in [0.3, 0.4) is 0 Å². The summed E-state index contributed by atoms with van der Waals surface area (Å²) in [7, 11) is 0.795. The summed E-state index contributed by atoms with van der Waals surface area (Å²) in [5.74, 6) is -3.78. The van der Waals surface area contributed by atoms with Crippen molar-refractivity contribution >= 4 is 5.97 Å². The molecule has 0 saturated carbocycles. The Morgan fingerprint density at radius 2 is 2.00 bits per heavy atom. The summed E-state index contributed by atoms with van der Waals surface area (Å²) in [5, 5.41) is 16.5. The Hall–Kier alpha value is -0.710. The van der Waals surface area contributed by atoms with Gasteiger partial charge in [0.15, 0.2) is 5.57 Å². The van der Waals surface area contributed by atoms with E-state index < -0.39 is 23.5 Å². The quantitative estimate of drug-likeness (QED) is 0.185. The topological polar surface area (TPSA) is 70.3 Å². The summed E-state index contributed by atoms with van der Waals surface area (Å²) in [4.78, 5) is 10.5. The number of carbonyl (C=O) groups is 1. The standard InChI is InChI=1S/C6H4F3NO3.Na.H/c1-13-5(12)3(2-10)4(11)6(7,8)9;;/h11H,1H3;;/q;+1;-1/b4-3+;;. The molecule has 0 aliphatic heterocycles. The van der Waals surface area contributed by atoms with Crippen LogP contribution in [-0.2, 0) is 9.53 Å². The van der Waals surface area contributed by atoms with Crippen LogP contribution in [0.4, 0.5) is 13.2 Å². The Kier molecular flexibility index (Phi) is 6.64. The summed E-state index contributed by atoms with van der Waals surface area (Å²) >= 11 is 0. The van der Waals surface area contributed by atoms with E-state index in [1.807, 2.05) is 0 Å². The van der Waals surface area contributed by atoms with Crippen molar-refractivity contribution in [2.75, 3.05) is 7.11 Å². The Labute approximate surface area is 101 Å². The molecule has 0 bridgehead atoms. The van der Waals surface area contributed by atoms with Gasteiger partial charge in [-0.05, 0) is 0 Å². The number of alkyl halides is 3. The van der Waals surface area contributed by atoms with Crippen LogP contribution in [-0.4, -0.2) is 24.4 Å². The monoisotopic (exact) mass is 219 g/mol. The number of rotatable bonds is 1. The minimum absolute atomic E-state index is 0. The van der Waals surface area contributed by atoms with E-state index in [1.54, 1.807) is 0 Å². The fourth-order valence-electron chi connectivity index (χ4n) is 0.439. The van der Waals surface area contributed by atoms with Gasteiger partial charge in [0.05, 0.1) is 7.11 Å². The molecule has 74 valence electrons. The first-order valence-electron chi connectivity index (χ1n) is 2.83. The number of halogens is 3. The van der Waals surface area contributed by atoms with E-state index in [4.69, 9.17) is 10.4 Å². The number of carbonyl (C=O) groups excluding carboxylic acids is 1. The first kappa shape index (κ1) is 15.7. The normalized spacial score (nSPS) is 11.9. The number of nitrogens with zero attached hydrogens (tertiary/aromatic N) is 1. The Bertz CT molecular complexity index is 297. The fraction of sp³-hybridized carbons (Fsp3) is 0.333. The Balaban J connectivity index is -0.000000720. The molecular formula is C6H5F3NNaO3. The van der Waals surface area contributed by atoms with Crippen molar-refractivity contribution in [1.82, 2.24) is 0 Å². The van der Waals surface area contributed by atoms with Crippen molar-refractivity contribution in [1.29, 1.82) is 5.26 Å². The minimum Gasteiger partial charge on any atom is -1.00 e. The summed E-state index contributed by atoms with van der Waals surface area (Å²) in [6, 6.07) is 0.894. The number of aliphatic hydroxyl groups is 1. The van der Waals surface area contributed by atoms with E-state index >= 15 is 0 Å². The number of aliphatic hydroxyl groups excluding tert-OH is 1. The van der Waals surface area contributed by atoms with Gasteiger partial charge in [-0.15, -0.1) is 0 Å². The van der Waals surface area contributed by atoms with Crippen molar-refractivity contribution in [3.05, 3.63) is 11.3 Å². The van der Waals surface area contributed by atoms with Crippen molar-refractivity contribution in [3.63, 3.8) is 0 Å². The molecule has 0 aliphatic rings. The molecule has 8 heteroatoms. The number of esters is 1. The van der Waals surface area contributed by atoms with Gasteiger partial charge in [0, 0.05) is 0 Å². The van der Waals surface area contributed by atoms with Crippen LogP contribution in [0.2, 0.25) is 0 Å². The van der Waals surface area contributed by atoms with Gasteiger partial charge in [-0.1, -0.05) is 0 Å². The molecule has 0 fully saturated rings. The maximum Gasteiger partial charge on any atom is 1.00 e. The Morgan fingerprint density at radius 1 is 1.57 bits per heavy atom. The second-order valence-corrected chi connectivity index (χ2v) is 1.82. The number of ether oxygens (including phenoxy) is 1. The number of hydrogen-bond acceptors (Lipinski definition) is 4. The fourth-order valence-corrected chi connectivity index (χ4v) is 0.439. The van der Waals surface area contributed by atoms with Crippen LogP contribution in [0.15, 0.2) is 11.3 Å². The second-order valence-electron chi connectivity index (χ2n) is 1.82. The van der Waals surface area contributed by atoms with Gasteiger partial charge in [0.1, 0.15) is 6.07 Å². The molecule has 0 aromatic heterocycles. The molecule has 0 spiro atoms. The maximum atomic E-state index is 11.7. The summed E-state index contributed by atoms with van der Waals surface area (Å²) in [6.07, 6.45) is -5.13. The van der Waals surface area contributed by atoms with Gasteiger partial charge in [0.25, 0.3) is 0 Å². The van der Waals surface area contributed by atoms with Crippen LogP contribution < -0.4 is 29.6 Å². The predicted octanol–water partition coefficient (Wildman–Crippen LogP) is -1.83. The molecule has 0 aliphatic carbocycles. The number of methoxy groups -OCH3 is 1. The third kappa shape index (κ3) is 4.00. The first-order chi connectivity index (χ1) is 5.84. The number of nitriles is 1. The van der Waals surface area contributed by atoms with Gasteiger partial charge in [0.2, 0.25) is 5.76 Å². The van der Waals surface area contributed by atoms with E-state index in [2.05, 4.69) is 4.74 Å². The van der Waals surface area contributed by atoms with Crippen molar-refractivity contribution in [2.45, 2.75) is 6.18 Å². The zero-order valence-corrected chi connectivity index (χ0v) is 9.34. The van der Waals surface area contributed by atoms with Crippen LogP contribution in [0.5, 0.6) is 0 Å². The molecule has 0 rings (SSSR count). The first-order valence-corrected chi connectivity index (χ1v) is 2.83. The van der Waals surface area contributed by atoms with Crippen molar-refractivity contribution in [3.8, 4) is 6.07 Å². The summed E-state index contributed by atoms with van der Waals surface area (Å²) in [5.41, 5.74) is -1.46. The molecule has 0 aromatic rings. The SMILES string of the molecule is COC(=O)/C(C#N)=C(/O)C(F)(F)F.[H-].[Na+]. The van der Waals surface area contributed by atoms with Gasteiger partial charge in [-0.3, -0.25) is 0 Å². The van der Waals surface area contributed by atoms with Gasteiger partial charge in [-0.2, -0.15) is 18.4 Å². The Morgan fingerprint density at radius 3 is 2.21 bits per heavy atom. The zero-order valence-electron chi connectivity index (χ0n) is 8.34. The third-order valence-corrected chi connectivity index (χ3v) is 1.01. The summed E-state index contributed by atoms with van der Waals surface area (Å²) in [6.45, 7) is 0. The van der Waals surface area contributed by atoms with E-state index in [1.165, 1.54) is 0 Å². The molecule has 1 N–H and O–H groups in total. The molecule has 0 saturated heterocycles. The molecule has 0 heterocycles. The van der Waals surface area contributed by atoms with Crippen LogP contribution in [0, 0.1) is 11.3 Å². The summed E-state index contributed by atoms with van der Waals surface area (Å²) < 4.78 is 39.0. The largest absolute Gasteiger partial charge is 1.00 e. The van der Waals surface area contributed by atoms with E-state index in [-0.39, 0.29) is 31.0 Å².